The van der Waals surface area contributed by atoms with Crippen molar-refractivity contribution in [3.8, 4) is 17.0 Å². The number of anilines is 1. The van der Waals surface area contributed by atoms with Crippen LogP contribution in [-0.2, 0) is 16.1 Å². The number of likely N-dealkylation sites (tertiary alicyclic amines) is 1. The molecule has 2 aromatic carbocycles. The number of ether oxygens (including phenoxy) is 2. The summed E-state index contributed by atoms with van der Waals surface area (Å²) in [6.45, 7) is 3.16. The molecular weight excluding hydrogens is 478 g/mol. The lowest BCUT2D eigenvalue weighted by Crippen LogP contribution is -2.39. The van der Waals surface area contributed by atoms with E-state index in [2.05, 4.69) is 22.0 Å². The van der Waals surface area contributed by atoms with E-state index in [0.717, 1.165) is 48.4 Å². The molecule has 0 radical (unpaired) electrons. The molecule has 1 aliphatic carbocycles. The summed E-state index contributed by atoms with van der Waals surface area (Å²) in [5.41, 5.74) is 6.08. The quantitative estimate of drug-likeness (QED) is 0.425. The molecule has 7 nitrogen and oxygen atoms in total. The molecule has 1 saturated carbocycles. The summed E-state index contributed by atoms with van der Waals surface area (Å²) >= 11 is 0. The van der Waals surface area contributed by atoms with Crippen LogP contribution in [0.15, 0.2) is 36.4 Å². The number of fused-ring (bicyclic) bond motifs is 5. The Kier molecular flexibility index (Phi) is 7.00. The molecule has 1 aromatic heterocycles. The highest BCUT2D eigenvalue weighted by Crippen LogP contribution is 2.48. The smallest absolute Gasteiger partial charge is 0.337 e. The van der Waals surface area contributed by atoms with Gasteiger partial charge in [0.05, 0.1) is 37.1 Å². The number of hydrogen-bond acceptors (Lipinski definition) is 5. The van der Waals surface area contributed by atoms with Crippen LogP contribution in [-0.4, -0.2) is 54.7 Å². The summed E-state index contributed by atoms with van der Waals surface area (Å²) in [6.07, 6.45) is 9.48. The van der Waals surface area contributed by atoms with Gasteiger partial charge in [-0.3, -0.25) is 4.79 Å². The second-order valence-corrected chi connectivity index (χ2v) is 10.8. The zero-order valence-corrected chi connectivity index (χ0v) is 22.3. The molecule has 1 N–H and O–H groups in total. The molecule has 3 aromatic rings. The number of carbonyl (C=O) groups is 2. The van der Waals surface area contributed by atoms with Crippen molar-refractivity contribution in [2.75, 3.05) is 38.7 Å². The Hall–Kier alpha value is -3.48. The molecule has 1 amide bonds. The third-order valence-corrected chi connectivity index (χ3v) is 8.51. The van der Waals surface area contributed by atoms with Crippen molar-refractivity contribution in [3.63, 3.8) is 0 Å². The number of nitrogens with zero attached hydrogens (tertiary/aromatic N) is 2. The van der Waals surface area contributed by atoms with Crippen LogP contribution in [0.5, 0.6) is 5.75 Å². The Morgan fingerprint density at radius 1 is 1.00 bits per heavy atom. The topological polar surface area (TPSA) is 72.8 Å². The number of aromatic nitrogens is 1. The molecule has 38 heavy (non-hydrogen) atoms. The number of methoxy groups -OCH3 is 1. The first-order valence-electron chi connectivity index (χ1n) is 14.2. The van der Waals surface area contributed by atoms with E-state index in [1.165, 1.54) is 62.3 Å². The lowest BCUT2D eigenvalue weighted by atomic mass is 9.81. The Balaban J connectivity index is 1.43. The fraction of sp³-hybridized carbons (Fsp3) is 0.484. The van der Waals surface area contributed by atoms with Crippen LogP contribution >= 0.6 is 0 Å². The molecule has 3 heterocycles. The van der Waals surface area contributed by atoms with Crippen molar-refractivity contribution >= 4 is 28.5 Å². The van der Waals surface area contributed by atoms with E-state index in [1.807, 2.05) is 29.2 Å². The predicted octanol–water partition coefficient (Wildman–Crippen LogP) is 5.96. The van der Waals surface area contributed by atoms with Crippen molar-refractivity contribution in [3.05, 3.63) is 47.5 Å². The lowest BCUT2D eigenvalue weighted by molar-refractivity contribution is -0.130. The Morgan fingerprint density at radius 3 is 2.58 bits per heavy atom. The second-order valence-electron chi connectivity index (χ2n) is 10.8. The summed E-state index contributed by atoms with van der Waals surface area (Å²) < 4.78 is 13.7. The van der Waals surface area contributed by atoms with Gasteiger partial charge in [-0.25, -0.2) is 4.79 Å². The van der Waals surface area contributed by atoms with Crippen molar-refractivity contribution < 1.29 is 19.1 Å². The molecule has 2 fully saturated rings. The minimum Gasteiger partial charge on any atom is -0.489 e. The maximum absolute atomic E-state index is 12.9. The molecule has 0 unspecified atom stereocenters. The van der Waals surface area contributed by atoms with Gasteiger partial charge in [0, 0.05) is 29.6 Å². The number of benzene rings is 2. The SMILES string of the molecule is COC(=O)c1ccc2c(C3CCCCC3)c3n(c2c1)CCOc1c(NCC(=O)N2CCCCC2)cccc1-3. The number of amides is 1. The van der Waals surface area contributed by atoms with Gasteiger partial charge >= 0.3 is 5.97 Å². The number of esters is 1. The van der Waals surface area contributed by atoms with Crippen LogP contribution in [0.25, 0.3) is 22.2 Å². The molecule has 1 saturated heterocycles. The molecule has 3 aliphatic rings. The molecule has 7 heteroatoms. The first-order chi connectivity index (χ1) is 18.7. The largest absolute Gasteiger partial charge is 0.489 e. The standard InChI is InChI=1S/C31H37N3O4/c1-37-31(36)22-13-14-23-26(19-22)34-17-18-38-30-24(29(34)28(23)21-9-4-2-5-10-21)11-8-12-25(30)32-20-27(35)33-15-6-3-7-16-33/h8,11-14,19,21,32H,2-7,9-10,15-18,20H2,1H3. The molecule has 2 aliphatic heterocycles. The lowest BCUT2D eigenvalue weighted by Gasteiger charge is -2.27. The highest BCUT2D eigenvalue weighted by molar-refractivity contribution is 6.00. The van der Waals surface area contributed by atoms with Gasteiger partial charge in [-0.05, 0) is 67.9 Å². The van der Waals surface area contributed by atoms with Crippen molar-refractivity contribution in [2.24, 2.45) is 0 Å². The molecule has 0 bridgehead atoms. The molecular formula is C31H37N3O4. The highest BCUT2D eigenvalue weighted by Gasteiger charge is 2.30. The van der Waals surface area contributed by atoms with Crippen LogP contribution in [0.4, 0.5) is 5.69 Å². The Labute approximate surface area is 224 Å². The predicted molar refractivity (Wildman–Crippen MR) is 149 cm³/mol. The summed E-state index contributed by atoms with van der Waals surface area (Å²) in [4.78, 5) is 27.2. The van der Waals surface area contributed by atoms with E-state index in [-0.39, 0.29) is 18.4 Å². The number of piperidine rings is 1. The van der Waals surface area contributed by atoms with Crippen LogP contribution in [0.2, 0.25) is 0 Å². The minimum absolute atomic E-state index is 0.142. The maximum atomic E-state index is 12.9. The summed E-state index contributed by atoms with van der Waals surface area (Å²) in [6, 6.07) is 12.2. The Bertz CT molecular complexity index is 1350. The highest BCUT2D eigenvalue weighted by atomic mass is 16.5. The fourth-order valence-corrected chi connectivity index (χ4v) is 6.63. The average molecular weight is 516 g/mol. The van der Waals surface area contributed by atoms with E-state index >= 15 is 0 Å². The third-order valence-electron chi connectivity index (χ3n) is 8.51. The number of para-hydroxylation sites is 1. The summed E-state index contributed by atoms with van der Waals surface area (Å²) in [5, 5.41) is 4.62. The van der Waals surface area contributed by atoms with Crippen LogP contribution in [0.1, 0.15) is 73.2 Å². The van der Waals surface area contributed by atoms with E-state index in [9.17, 15) is 9.59 Å². The number of carbonyl (C=O) groups excluding carboxylic acids is 2. The fourth-order valence-electron chi connectivity index (χ4n) is 6.63. The van der Waals surface area contributed by atoms with Gasteiger partial charge in [0.15, 0.2) is 5.75 Å². The summed E-state index contributed by atoms with van der Waals surface area (Å²) in [5.74, 6) is 1.10. The first kappa shape index (κ1) is 24.8. The van der Waals surface area contributed by atoms with Crippen molar-refractivity contribution in [1.82, 2.24) is 9.47 Å². The molecule has 6 rings (SSSR count). The minimum atomic E-state index is -0.322. The third kappa shape index (κ3) is 4.52. The van der Waals surface area contributed by atoms with Gasteiger partial charge in [0.25, 0.3) is 0 Å². The van der Waals surface area contributed by atoms with E-state index in [4.69, 9.17) is 9.47 Å². The van der Waals surface area contributed by atoms with Gasteiger partial charge in [0.2, 0.25) is 5.91 Å². The van der Waals surface area contributed by atoms with E-state index in [1.54, 1.807) is 0 Å². The van der Waals surface area contributed by atoms with Crippen LogP contribution < -0.4 is 10.1 Å². The number of nitrogens with one attached hydrogen (secondary N) is 1. The van der Waals surface area contributed by atoms with Crippen LogP contribution in [0, 0.1) is 0 Å². The van der Waals surface area contributed by atoms with E-state index in [0.29, 0.717) is 24.6 Å². The second kappa shape index (κ2) is 10.7. The van der Waals surface area contributed by atoms with Gasteiger partial charge in [-0.1, -0.05) is 31.4 Å². The average Bonchev–Trinajstić information content (AvgIpc) is 3.17. The normalized spacial score (nSPS) is 17.8. The van der Waals surface area contributed by atoms with E-state index < -0.39 is 0 Å². The number of hydrogen-bond donors (Lipinski definition) is 1. The Morgan fingerprint density at radius 2 is 1.79 bits per heavy atom. The monoisotopic (exact) mass is 515 g/mol. The first-order valence-corrected chi connectivity index (χ1v) is 14.2. The zero-order chi connectivity index (χ0) is 26.1. The van der Waals surface area contributed by atoms with Crippen LogP contribution in [0.3, 0.4) is 0 Å². The van der Waals surface area contributed by atoms with Gasteiger partial charge < -0.3 is 24.3 Å². The molecule has 200 valence electrons. The van der Waals surface area contributed by atoms with Gasteiger partial charge in [-0.2, -0.15) is 0 Å². The number of rotatable bonds is 5. The van der Waals surface area contributed by atoms with Gasteiger partial charge in [0.1, 0.15) is 6.61 Å². The van der Waals surface area contributed by atoms with Crippen molar-refractivity contribution in [2.45, 2.75) is 63.8 Å². The molecule has 0 atom stereocenters. The van der Waals surface area contributed by atoms with Gasteiger partial charge in [-0.15, -0.1) is 0 Å². The molecule has 0 spiro atoms. The summed E-state index contributed by atoms with van der Waals surface area (Å²) in [7, 11) is 1.42. The zero-order valence-electron chi connectivity index (χ0n) is 22.3. The van der Waals surface area contributed by atoms with Crippen molar-refractivity contribution in [1.29, 1.82) is 0 Å². The maximum Gasteiger partial charge on any atom is 0.337 e.